The number of ether oxygens (including phenoxy) is 1. The van der Waals surface area contributed by atoms with Crippen LogP contribution in [0.4, 0.5) is 0 Å². The first kappa shape index (κ1) is 19.7. The highest BCUT2D eigenvalue weighted by Gasteiger charge is 2.23. The van der Waals surface area contributed by atoms with Crippen molar-refractivity contribution in [2.24, 2.45) is 0 Å². The van der Waals surface area contributed by atoms with Crippen LogP contribution in [0.5, 0.6) is 0 Å². The molecule has 0 saturated heterocycles. The molecule has 6 heteroatoms. The van der Waals surface area contributed by atoms with Crippen molar-refractivity contribution in [1.29, 1.82) is 0 Å². The molecular weight excluding hydrogens is 332 g/mol. The molecule has 1 aromatic carbocycles. The molecule has 0 radical (unpaired) electrons. The summed E-state index contributed by atoms with van der Waals surface area (Å²) in [6.45, 7) is 10.4. The number of carbonyl (C=O) groups is 2. The minimum atomic E-state index is -0.569. The smallest absolute Gasteiger partial charge is 0.360 e. The number of amides is 1. The molecule has 1 aromatic heterocycles. The van der Waals surface area contributed by atoms with E-state index >= 15 is 0 Å². The molecule has 2 aromatic rings. The van der Waals surface area contributed by atoms with Crippen LogP contribution < -0.4 is 0 Å². The van der Waals surface area contributed by atoms with Crippen LogP contribution in [0, 0.1) is 0 Å². The van der Waals surface area contributed by atoms with Crippen molar-refractivity contribution in [3.63, 3.8) is 0 Å². The van der Waals surface area contributed by atoms with Crippen LogP contribution in [0.2, 0.25) is 0 Å². The maximum atomic E-state index is 12.9. The molecule has 26 heavy (non-hydrogen) atoms. The third-order valence-electron chi connectivity index (χ3n) is 4.13. The summed E-state index contributed by atoms with van der Waals surface area (Å²) in [7, 11) is 1.28. The number of nitrogens with zero attached hydrogens (tertiary/aromatic N) is 2. The normalized spacial score (nSPS) is 11.5. The molecule has 2 rings (SSSR count). The van der Waals surface area contributed by atoms with Crippen molar-refractivity contribution < 1.29 is 18.7 Å². The number of carbonyl (C=O) groups excluding carboxylic acids is 2. The highest BCUT2D eigenvalue weighted by Crippen LogP contribution is 2.23. The Kier molecular flexibility index (Phi) is 5.85. The van der Waals surface area contributed by atoms with E-state index in [0.717, 1.165) is 0 Å². The molecule has 140 valence electrons. The third kappa shape index (κ3) is 4.50. The number of rotatable bonds is 5. The van der Waals surface area contributed by atoms with Crippen molar-refractivity contribution in [3.8, 4) is 0 Å². The van der Waals surface area contributed by atoms with Crippen LogP contribution in [0.25, 0.3) is 0 Å². The lowest BCUT2D eigenvalue weighted by Crippen LogP contribution is -2.36. The minimum Gasteiger partial charge on any atom is -0.464 e. The van der Waals surface area contributed by atoms with Gasteiger partial charge in [-0.05, 0) is 37.0 Å². The van der Waals surface area contributed by atoms with Crippen LogP contribution in [0.1, 0.15) is 66.9 Å². The van der Waals surface area contributed by atoms with E-state index in [1.807, 2.05) is 38.1 Å². The third-order valence-corrected chi connectivity index (χ3v) is 4.13. The molecule has 0 N–H and O–H groups in total. The Labute approximate surface area is 154 Å². The van der Waals surface area contributed by atoms with E-state index in [4.69, 9.17) is 4.42 Å². The van der Waals surface area contributed by atoms with Crippen LogP contribution >= 0.6 is 0 Å². The average molecular weight is 358 g/mol. The van der Waals surface area contributed by atoms with Crippen molar-refractivity contribution in [2.75, 3.05) is 7.11 Å². The van der Waals surface area contributed by atoms with Gasteiger partial charge in [0.2, 0.25) is 5.89 Å². The number of hydrogen-bond acceptors (Lipinski definition) is 5. The number of esters is 1. The summed E-state index contributed by atoms with van der Waals surface area (Å²) in [5, 5.41) is 0. The van der Waals surface area contributed by atoms with Gasteiger partial charge in [-0.2, -0.15) is 0 Å². The van der Waals surface area contributed by atoms with Gasteiger partial charge in [-0.3, -0.25) is 4.79 Å². The second kappa shape index (κ2) is 7.72. The van der Waals surface area contributed by atoms with Gasteiger partial charge >= 0.3 is 5.97 Å². The van der Waals surface area contributed by atoms with Gasteiger partial charge < -0.3 is 14.1 Å². The Hall–Kier alpha value is -2.63. The Morgan fingerprint density at radius 3 is 2.31 bits per heavy atom. The first-order valence-electron chi connectivity index (χ1n) is 8.57. The molecule has 0 unspecified atom stereocenters. The maximum absolute atomic E-state index is 12.9. The number of methoxy groups -OCH3 is 1. The maximum Gasteiger partial charge on any atom is 0.360 e. The topological polar surface area (TPSA) is 72.6 Å². The van der Waals surface area contributed by atoms with E-state index in [9.17, 15) is 9.59 Å². The summed E-state index contributed by atoms with van der Waals surface area (Å²) < 4.78 is 9.93. The van der Waals surface area contributed by atoms with E-state index < -0.39 is 5.97 Å². The molecule has 0 fully saturated rings. The quantitative estimate of drug-likeness (QED) is 0.760. The molecule has 0 bridgehead atoms. The van der Waals surface area contributed by atoms with Crippen LogP contribution in [-0.2, 0) is 16.7 Å². The predicted octanol–water partition coefficient (Wildman–Crippen LogP) is 3.81. The zero-order valence-electron chi connectivity index (χ0n) is 16.2. The monoisotopic (exact) mass is 358 g/mol. The zero-order chi connectivity index (χ0) is 19.5. The SMILES string of the molecule is COC(=O)c1coc(CN(C(=O)c2ccc(C(C)(C)C)cc2)C(C)C)n1. The summed E-state index contributed by atoms with van der Waals surface area (Å²) in [6, 6.07) is 7.58. The van der Waals surface area contributed by atoms with E-state index in [1.165, 1.54) is 18.9 Å². The first-order valence-corrected chi connectivity index (χ1v) is 8.57. The lowest BCUT2D eigenvalue weighted by Gasteiger charge is -2.26. The molecule has 0 spiro atoms. The van der Waals surface area contributed by atoms with Crippen LogP contribution in [-0.4, -0.2) is 34.9 Å². The molecule has 6 nitrogen and oxygen atoms in total. The van der Waals surface area contributed by atoms with Gasteiger partial charge in [0.15, 0.2) is 5.69 Å². The van der Waals surface area contributed by atoms with Gasteiger partial charge in [0.1, 0.15) is 6.26 Å². The lowest BCUT2D eigenvalue weighted by atomic mass is 9.86. The molecule has 1 amide bonds. The van der Waals surface area contributed by atoms with Crippen molar-refractivity contribution in [3.05, 3.63) is 53.2 Å². The average Bonchev–Trinajstić information content (AvgIpc) is 3.06. The summed E-state index contributed by atoms with van der Waals surface area (Å²) in [5.74, 6) is -0.391. The van der Waals surface area contributed by atoms with Crippen molar-refractivity contribution in [2.45, 2.75) is 52.6 Å². The summed E-state index contributed by atoms with van der Waals surface area (Å²) in [4.78, 5) is 30.1. The van der Waals surface area contributed by atoms with E-state index in [2.05, 4.69) is 30.5 Å². The summed E-state index contributed by atoms with van der Waals surface area (Å²) in [6.07, 6.45) is 1.24. The van der Waals surface area contributed by atoms with E-state index in [0.29, 0.717) is 11.5 Å². The van der Waals surface area contributed by atoms with Crippen LogP contribution in [0.15, 0.2) is 34.9 Å². The van der Waals surface area contributed by atoms with Gasteiger partial charge in [0, 0.05) is 11.6 Å². The largest absolute Gasteiger partial charge is 0.464 e. The molecule has 0 aliphatic carbocycles. The number of aromatic nitrogens is 1. The van der Waals surface area contributed by atoms with Gasteiger partial charge in [0.05, 0.1) is 13.7 Å². The number of benzene rings is 1. The van der Waals surface area contributed by atoms with E-state index in [-0.39, 0.29) is 29.6 Å². The Morgan fingerprint density at radius 2 is 1.81 bits per heavy atom. The summed E-state index contributed by atoms with van der Waals surface area (Å²) >= 11 is 0. The number of oxazole rings is 1. The van der Waals surface area contributed by atoms with Gasteiger partial charge in [-0.25, -0.2) is 9.78 Å². The predicted molar refractivity (Wildman–Crippen MR) is 98.0 cm³/mol. The highest BCUT2D eigenvalue weighted by atomic mass is 16.5. The Bertz CT molecular complexity index is 770. The number of hydrogen-bond donors (Lipinski definition) is 0. The zero-order valence-corrected chi connectivity index (χ0v) is 16.2. The van der Waals surface area contributed by atoms with Crippen molar-refractivity contribution in [1.82, 2.24) is 9.88 Å². The van der Waals surface area contributed by atoms with E-state index in [1.54, 1.807) is 4.90 Å². The Morgan fingerprint density at radius 1 is 1.19 bits per heavy atom. The first-order chi connectivity index (χ1) is 12.1. The van der Waals surface area contributed by atoms with Gasteiger partial charge in [0.25, 0.3) is 5.91 Å². The molecule has 1 heterocycles. The molecule has 0 aliphatic rings. The second-order valence-electron chi connectivity index (χ2n) is 7.47. The van der Waals surface area contributed by atoms with Gasteiger partial charge in [-0.1, -0.05) is 32.9 Å². The minimum absolute atomic E-state index is 0.0295. The molecule has 0 saturated carbocycles. The highest BCUT2D eigenvalue weighted by molar-refractivity contribution is 5.94. The van der Waals surface area contributed by atoms with Crippen molar-refractivity contribution >= 4 is 11.9 Å². The fourth-order valence-electron chi connectivity index (χ4n) is 2.50. The molecular formula is C20H26N2O4. The van der Waals surface area contributed by atoms with Gasteiger partial charge in [-0.15, -0.1) is 0 Å². The standard InChI is InChI=1S/C20H26N2O4/c1-13(2)22(11-17-21-16(12-26-17)19(24)25-6)18(23)14-7-9-15(10-8-14)20(3,4)5/h7-10,12-13H,11H2,1-6H3. The fraction of sp³-hybridized carbons (Fsp3) is 0.450. The molecule has 0 aliphatic heterocycles. The van der Waals surface area contributed by atoms with Crippen LogP contribution in [0.3, 0.4) is 0 Å². The lowest BCUT2D eigenvalue weighted by molar-refractivity contribution is 0.0593. The summed E-state index contributed by atoms with van der Waals surface area (Å²) in [5.41, 5.74) is 1.89. The Balaban J connectivity index is 2.20. The molecule has 0 atom stereocenters. The second-order valence-corrected chi connectivity index (χ2v) is 7.47. The fourth-order valence-corrected chi connectivity index (χ4v) is 2.50.